The van der Waals surface area contributed by atoms with E-state index in [1.165, 1.54) is 0 Å². The summed E-state index contributed by atoms with van der Waals surface area (Å²) in [5, 5.41) is 2.76. The average Bonchev–Trinajstić information content (AvgIpc) is 2.62. The zero-order valence-electron chi connectivity index (χ0n) is 8.74. The molecule has 0 fully saturated rings. The average molecular weight is 276 g/mol. The van der Waals surface area contributed by atoms with Gasteiger partial charge in [0.1, 0.15) is 5.69 Å². The lowest BCUT2D eigenvalue weighted by atomic mass is 10.4. The maximum absolute atomic E-state index is 11.5. The number of hydrogen-bond acceptors (Lipinski definition) is 3. The predicted octanol–water partition coefficient (Wildman–Crippen LogP) is 0.560. The molecule has 1 unspecified atom stereocenters. The largest absolute Gasteiger partial charge is 0.383 e. The lowest BCUT2D eigenvalue weighted by Gasteiger charge is -2.08. The van der Waals surface area contributed by atoms with Crippen LogP contribution in [0.4, 0.5) is 0 Å². The van der Waals surface area contributed by atoms with Crippen LogP contribution in [0.3, 0.4) is 0 Å². The zero-order chi connectivity index (χ0) is 11.3. The quantitative estimate of drug-likeness (QED) is 0.799. The fourth-order valence-electron chi connectivity index (χ4n) is 1.06. The highest BCUT2D eigenvalue weighted by Gasteiger charge is 2.10. The maximum Gasteiger partial charge on any atom is 0.271 e. The van der Waals surface area contributed by atoms with E-state index in [1.807, 2.05) is 7.05 Å². The summed E-state index contributed by atoms with van der Waals surface area (Å²) >= 11 is 3.38. The highest BCUT2D eigenvalue weighted by molar-refractivity contribution is 9.09. The van der Waals surface area contributed by atoms with Crippen LogP contribution in [0.1, 0.15) is 10.5 Å². The molecule has 0 saturated carbocycles. The van der Waals surface area contributed by atoms with Gasteiger partial charge in [0.2, 0.25) is 0 Å². The van der Waals surface area contributed by atoms with Gasteiger partial charge in [-0.2, -0.15) is 0 Å². The van der Waals surface area contributed by atoms with Crippen molar-refractivity contribution in [2.24, 2.45) is 7.05 Å². The fraction of sp³-hybridized carbons (Fsp3) is 0.556. The maximum atomic E-state index is 11.5. The van der Waals surface area contributed by atoms with Crippen molar-refractivity contribution in [2.45, 2.75) is 4.83 Å². The highest BCUT2D eigenvalue weighted by atomic mass is 79.9. The van der Waals surface area contributed by atoms with E-state index in [2.05, 4.69) is 26.2 Å². The molecule has 0 aromatic carbocycles. The third-order valence-electron chi connectivity index (χ3n) is 1.77. The van der Waals surface area contributed by atoms with Gasteiger partial charge in [0, 0.05) is 26.9 Å². The van der Waals surface area contributed by atoms with Crippen LogP contribution in [0.5, 0.6) is 0 Å². The summed E-state index contributed by atoms with van der Waals surface area (Å²) in [5.41, 5.74) is 0.426. The molecule has 0 spiro atoms. The minimum Gasteiger partial charge on any atom is -0.383 e. The van der Waals surface area contributed by atoms with E-state index < -0.39 is 0 Å². The summed E-state index contributed by atoms with van der Waals surface area (Å²) in [6.45, 7) is 1.08. The van der Waals surface area contributed by atoms with Crippen molar-refractivity contribution < 1.29 is 9.53 Å². The van der Waals surface area contributed by atoms with Crippen LogP contribution in [0.15, 0.2) is 12.5 Å². The van der Waals surface area contributed by atoms with Gasteiger partial charge in [-0.1, -0.05) is 15.9 Å². The molecular formula is C9H14BrN3O2. The van der Waals surface area contributed by atoms with Crippen molar-refractivity contribution >= 4 is 21.8 Å². The van der Waals surface area contributed by atoms with Gasteiger partial charge in [-0.25, -0.2) is 4.98 Å². The number of carbonyl (C=O) groups is 1. The number of ether oxygens (including phenoxy) is 1. The number of nitrogens with zero attached hydrogens (tertiary/aromatic N) is 2. The van der Waals surface area contributed by atoms with Gasteiger partial charge in [-0.3, -0.25) is 4.79 Å². The van der Waals surface area contributed by atoms with E-state index in [9.17, 15) is 4.79 Å². The molecule has 15 heavy (non-hydrogen) atoms. The number of hydrogen-bond donors (Lipinski definition) is 1. The number of imidazole rings is 1. The summed E-state index contributed by atoms with van der Waals surface area (Å²) in [5.74, 6) is -0.170. The van der Waals surface area contributed by atoms with E-state index in [-0.39, 0.29) is 10.7 Å². The Balaban J connectivity index is 2.36. The first-order chi connectivity index (χ1) is 7.13. The normalized spacial score (nSPS) is 12.5. The molecule has 1 heterocycles. The molecule has 1 amide bonds. The Labute approximate surface area is 97.0 Å². The van der Waals surface area contributed by atoms with Crippen LogP contribution in [0.25, 0.3) is 0 Å². The SMILES string of the molecule is COCC(Br)CNC(=O)c1cn(C)cn1. The lowest BCUT2D eigenvalue weighted by molar-refractivity contribution is 0.0945. The Kier molecular flexibility index (Phi) is 4.77. The van der Waals surface area contributed by atoms with E-state index in [4.69, 9.17) is 4.74 Å². The van der Waals surface area contributed by atoms with Crippen molar-refractivity contribution in [3.8, 4) is 0 Å². The van der Waals surface area contributed by atoms with Gasteiger partial charge in [-0.15, -0.1) is 0 Å². The van der Waals surface area contributed by atoms with Crippen LogP contribution in [0, 0.1) is 0 Å². The molecule has 0 aliphatic heterocycles. The van der Waals surface area contributed by atoms with Crippen molar-refractivity contribution in [3.05, 3.63) is 18.2 Å². The molecule has 6 heteroatoms. The second-order valence-corrected chi connectivity index (χ2v) is 4.48. The van der Waals surface area contributed by atoms with Crippen LogP contribution in [-0.4, -0.2) is 40.5 Å². The second kappa shape index (κ2) is 5.87. The smallest absolute Gasteiger partial charge is 0.271 e. The molecule has 1 aromatic rings. The van der Waals surface area contributed by atoms with Crippen LogP contribution in [-0.2, 0) is 11.8 Å². The standard InChI is InChI=1S/C9H14BrN3O2/c1-13-4-8(12-6-13)9(14)11-3-7(10)5-15-2/h4,6-7H,3,5H2,1-2H3,(H,11,14). The number of methoxy groups -OCH3 is 1. The first-order valence-corrected chi connectivity index (χ1v) is 5.44. The molecule has 0 radical (unpaired) electrons. The van der Waals surface area contributed by atoms with E-state index in [0.717, 1.165) is 0 Å². The Bertz CT molecular complexity index is 327. The van der Waals surface area contributed by atoms with Crippen molar-refractivity contribution in [1.82, 2.24) is 14.9 Å². The number of amides is 1. The minimum atomic E-state index is -0.170. The Morgan fingerprint density at radius 2 is 2.53 bits per heavy atom. The molecule has 1 aromatic heterocycles. The summed E-state index contributed by atoms with van der Waals surface area (Å²) in [4.78, 5) is 15.6. The highest BCUT2D eigenvalue weighted by Crippen LogP contribution is 1.99. The second-order valence-electron chi connectivity index (χ2n) is 3.19. The monoisotopic (exact) mass is 275 g/mol. The summed E-state index contributed by atoms with van der Waals surface area (Å²) in [6, 6.07) is 0. The lowest BCUT2D eigenvalue weighted by Crippen LogP contribution is -2.31. The Hall–Kier alpha value is -0.880. The van der Waals surface area contributed by atoms with Gasteiger partial charge in [0.25, 0.3) is 5.91 Å². The number of rotatable bonds is 5. The predicted molar refractivity (Wildman–Crippen MR) is 60.1 cm³/mol. The van der Waals surface area contributed by atoms with Crippen molar-refractivity contribution in [2.75, 3.05) is 20.3 Å². The molecule has 0 aliphatic rings. The summed E-state index contributed by atoms with van der Waals surface area (Å²) in [7, 11) is 3.44. The third-order valence-corrected chi connectivity index (χ3v) is 2.36. The number of aromatic nitrogens is 2. The minimum absolute atomic E-state index is 0.121. The summed E-state index contributed by atoms with van der Waals surface area (Å²) in [6.07, 6.45) is 3.27. The first kappa shape index (κ1) is 12.2. The van der Waals surface area contributed by atoms with Gasteiger partial charge in [-0.05, 0) is 0 Å². The van der Waals surface area contributed by atoms with Crippen molar-refractivity contribution in [3.63, 3.8) is 0 Å². The molecule has 1 rings (SSSR count). The summed E-state index contributed by atoms with van der Waals surface area (Å²) < 4.78 is 6.66. The molecule has 0 bridgehead atoms. The zero-order valence-corrected chi connectivity index (χ0v) is 10.3. The van der Waals surface area contributed by atoms with Crippen LogP contribution in [0.2, 0.25) is 0 Å². The number of alkyl halides is 1. The molecule has 5 nitrogen and oxygen atoms in total. The van der Waals surface area contributed by atoms with Gasteiger partial charge >= 0.3 is 0 Å². The van der Waals surface area contributed by atoms with Gasteiger partial charge in [0.15, 0.2) is 0 Å². The van der Waals surface area contributed by atoms with Crippen molar-refractivity contribution in [1.29, 1.82) is 0 Å². The molecular weight excluding hydrogens is 262 g/mol. The van der Waals surface area contributed by atoms with Crippen LogP contribution < -0.4 is 5.32 Å². The van der Waals surface area contributed by atoms with E-state index >= 15 is 0 Å². The fourth-order valence-corrected chi connectivity index (χ4v) is 1.49. The third kappa shape index (κ3) is 4.01. The molecule has 0 saturated heterocycles. The van der Waals surface area contributed by atoms with Gasteiger partial charge < -0.3 is 14.6 Å². The number of nitrogens with one attached hydrogen (secondary N) is 1. The molecule has 1 atom stereocenters. The molecule has 1 N–H and O–H groups in total. The van der Waals surface area contributed by atoms with E-state index in [1.54, 1.807) is 24.2 Å². The number of carbonyl (C=O) groups excluding carboxylic acids is 1. The number of halogens is 1. The van der Waals surface area contributed by atoms with E-state index in [0.29, 0.717) is 18.8 Å². The molecule has 84 valence electrons. The topological polar surface area (TPSA) is 56.1 Å². The Morgan fingerprint density at radius 1 is 1.80 bits per heavy atom. The van der Waals surface area contributed by atoms with Crippen LogP contribution >= 0.6 is 15.9 Å². The van der Waals surface area contributed by atoms with Gasteiger partial charge in [0.05, 0.1) is 17.8 Å². The first-order valence-electron chi connectivity index (χ1n) is 4.52. The number of aryl methyl sites for hydroxylation is 1. The Morgan fingerprint density at radius 3 is 3.07 bits per heavy atom. The molecule has 0 aliphatic carbocycles.